The molecule has 1 atom stereocenters. The van der Waals surface area contributed by atoms with E-state index in [0.29, 0.717) is 12.4 Å². The first-order valence-electron chi connectivity index (χ1n) is 5.13. The lowest BCUT2D eigenvalue weighted by Gasteiger charge is -2.12. The molecule has 1 unspecified atom stereocenters. The van der Waals surface area contributed by atoms with Crippen molar-refractivity contribution in [3.63, 3.8) is 0 Å². The molecule has 0 aliphatic carbocycles. The van der Waals surface area contributed by atoms with E-state index in [1.54, 1.807) is 4.68 Å². The van der Waals surface area contributed by atoms with Gasteiger partial charge in [-0.2, -0.15) is 5.10 Å². The maximum absolute atomic E-state index is 11.6. The molecule has 1 N–H and O–H groups in total. The zero-order chi connectivity index (χ0) is 11.4. The number of aryl methyl sites for hydroxylation is 1. The Labute approximate surface area is 89.1 Å². The SMILES string of the molecule is CCn1ncnc1CC(=O)C(O)C(C)C. The highest BCUT2D eigenvalue weighted by molar-refractivity contribution is 5.84. The predicted octanol–water partition coefficient (Wildman–Crippen LogP) is 0.426. The Morgan fingerprint density at radius 3 is 2.80 bits per heavy atom. The number of carbonyl (C=O) groups excluding carboxylic acids is 1. The number of hydrogen-bond donors (Lipinski definition) is 1. The lowest BCUT2D eigenvalue weighted by Crippen LogP contribution is -2.28. The van der Waals surface area contributed by atoms with Crippen LogP contribution in [0.4, 0.5) is 0 Å². The molecule has 1 aromatic heterocycles. The minimum Gasteiger partial charge on any atom is -0.385 e. The first kappa shape index (κ1) is 11.8. The molecule has 0 saturated carbocycles. The van der Waals surface area contributed by atoms with Crippen LogP contribution in [-0.4, -0.2) is 31.8 Å². The fourth-order valence-corrected chi connectivity index (χ4v) is 1.32. The summed E-state index contributed by atoms with van der Waals surface area (Å²) in [6.07, 6.45) is 0.660. The molecule has 1 heterocycles. The molecule has 0 amide bonds. The Kier molecular flexibility index (Phi) is 3.96. The van der Waals surface area contributed by atoms with Gasteiger partial charge in [-0.3, -0.25) is 4.79 Å². The Morgan fingerprint density at radius 1 is 1.60 bits per heavy atom. The van der Waals surface area contributed by atoms with Gasteiger partial charge in [0.25, 0.3) is 0 Å². The minimum absolute atomic E-state index is 0.0597. The predicted molar refractivity (Wildman–Crippen MR) is 55.3 cm³/mol. The fourth-order valence-electron chi connectivity index (χ4n) is 1.32. The average molecular weight is 211 g/mol. The average Bonchev–Trinajstić information content (AvgIpc) is 2.63. The maximum atomic E-state index is 11.6. The van der Waals surface area contributed by atoms with E-state index in [-0.39, 0.29) is 18.1 Å². The Bertz CT molecular complexity index is 333. The van der Waals surface area contributed by atoms with Crippen molar-refractivity contribution in [3.8, 4) is 0 Å². The van der Waals surface area contributed by atoms with Gasteiger partial charge in [0, 0.05) is 6.54 Å². The van der Waals surface area contributed by atoms with Crippen LogP contribution in [0.2, 0.25) is 0 Å². The van der Waals surface area contributed by atoms with Crippen molar-refractivity contribution in [2.75, 3.05) is 0 Å². The van der Waals surface area contributed by atoms with Crippen molar-refractivity contribution in [1.29, 1.82) is 0 Å². The van der Waals surface area contributed by atoms with E-state index in [1.165, 1.54) is 6.33 Å². The van der Waals surface area contributed by atoms with Crippen molar-refractivity contribution in [1.82, 2.24) is 14.8 Å². The summed E-state index contributed by atoms with van der Waals surface area (Å²) in [5.41, 5.74) is 0. The zero-order valence-electron chi connectivity index (χ0n) is 9.34. The van der Waals surface area contributed by atoms with Gasteiger partial charge in [-0.25, -0.2) is 9.67 Å². The number of rotatable bonds is 5. The van der Waals surface area contributed by atoms with Crippen LogP contribution in [-0.2, 0) is 17.8 Å². The van der Waals surface area contributed by atoms with E-state index in [0.717, 1.165) is 0 Å². The van der Waals surface area contributed by atoms with Gasteiger partial charge in [0.05, 0.1) is 6.42 Å². The molecule has 0 spiro atoms. The van der Waals surface area contributed by atoms with Crippen molar-refractivity contribution in [3.05, 3.63) is 12.2 Å². The van der Waals surface area contributed by atoms with Crippen LogP contribution >= 0.6 is 0 Å². The standard InChI is InChI=1S/C10H17N3O2/c1-4-13-9(11-6-12-13)5-8(14)10(15)7(2)3/h6-7,10,15H,4-5H2,1-3H3. The summed E-state index contributed by atoms with van der Waals surface area (Å²) in [6, 6.07) is 0. The van der Waals surface area contributed by atoms with Gasteiger partial charge in [0.1, 0.15) is 18.3 Å². The second kappa shape index (κ2) is 5.02. The van der Waals surface area contributed by atoms with Crippen molar-refractivity contribution in [2.45, 2.75) is 39.8 Å². The van der Waals surface area contributed by atoms with E-state index < -0.39 is 6.10 Å². The summed E-state index contributed by atoms with van der Waals surface area (Å²) in [5.74, 6) is 0.352. The summed E-state index contributed by atoms with van der Waals surface area (Å²) >= 11 is 0. The summed E-state index contributed by atoms with van der Waals surface area (Å²) in [6.45, 7) is 6.24. The molecular formula is C10H17N3O2. The van der Waals surface area contributed by atoms with Gasteiger partial charge in [0.2, 0.25) is 0 Å². The molecule has 5 nitrogen and oxygen atoms in total. The number of aliphatic hydroxyl groups excluding tert-OH is 1. The first-order valence-corrected chi connectivity index (χ1v) is 5.13. The molecule has 15 heavy (non-hydrogen) atoms. The first-order chi connectivity index (χ1) is 7.06. The fraction of sp³-hybridized carbons (Fsp3) is 0.700. The van der Waals surface area contributed by atoms with Crippen LogP contribution in [0.3, 0.4) is 0 Å². The van der Waals surface area contributed by atoms with Gasteiger partial charge >= 0.3 is 0 Å². The summed E-state index contributed by atoms with van der Waals surface area (Å²) in [4.78, 5) is 15.6. The van der Waals surface area contributed by atoms with Crippen LogP contribution in [0.5, 0.6) is 0 Å². The summed E-state index contributed by atoms with van der Waals surface area (Å²) in [5, 5.41) is 13.5. The van der Waals surface area contributed by atoms with E-state index in [9.17, 15) is 9.90 Å². The van der Waals surface area contributed by atoms with Gasteiger partial charge in [-0.1, -0.05) is 13.8 Å². The highest BCUT2D eigenvalue weighted by atomic mass is 16.3. The number of Topliss-reactive ketones (excluding diaryl/α,β-unsaturated/α-hetero) is 1. The van der Waals surface area contributed by atoms with Gasteiger partial charge in [0.15, 0.2) is 5.78 Å². The van der Waals surface area contributed by atoms with Crippen molar-refractivity contribution >= 4 is 5.78 Å². The number of aromatic nitrogens is 3. The quantitative estimate of drug-likeness (QED) is 0.766. The second-order valence-electron chi connectivity index (χ2n) is 3.82. The van der Waals surface area contributed by atoms with Crippen LogP contribution in [0.15, 0.2) is 6.33 Å². The van der Waals surface area contributed by atoms with E-state index >= 15 is 0 Å². The zero-order valence-corrected chi connectivity index (χ0v) is 9.34. The smallest absolute Gasteiger partial charge is 0.169 e. The molecule has 5 heteroatoms. The molecule has 0 saturated heterocycles. The third-order valence-electron chi connectivity index (χ3n) is 2.29. The molecule has 0 aromatic carbocycles. The largest absolute Gasteiger partial charge is 0.385 e. The number of nitrogens with zero attached hydrogens (tertiary/aromatic N) is 3. The molecular weight excluding hydrogens is 194 g/mol. The Balaban J connectivity index is 2.66. The van der Waals surface area contributed by atoms with Crippen molar-refractivity contribution < 1.29 is 9.90 Å². The molecule has 1 aromatic rings. The van der Waals surface area contributed by atoms with E-state index in [2.05, 4.69) is 10.1 Å². The molecule has 0 aliphatic heterocycles. The number of carbonyl (C=O) groups is 1. The topological polar surface area (TPSA) is 68.0 Å². The lowest BCUT2D eigenvalue weighted by atomic mass is 10.0. The lowest BCUT2D eigenvalue weighted by molar-refractivity contribution is -0.128. The van der Waals surface area contributed by atoms with E-state index in [4.69, 9.17) is 0 Å². The summed E-state index contributed by atoms with van der Waals surface area (Å²) in [7, 11) is 0. The summed E-state index contributed by atoms with van der Waals surface area (Å²) < 4.78 is 1.66. The highest BCUT2D eigenvalue weighted by Crippen LogP contribution is 2.06. The minimum atomic E-state index is -0.910. The molecule has 0 radical (unpaired) electrons. The van der Waals surface area contributed by atoms with Crippen LogP contribution in [0.1, 0.15) is 26.6 Å². The normalized spacial score (nSPS) is 13.1. The van der Waals surface area contributed by atoms with Gasteiger partial charge in [-0.05, 0) is 12.8 Å². The Hall–Kier alpha value is -1.23. The van der Waals surface area contributed by atoms with Crippen LogP contribution < -0.4 is 0 Å². The van der Waals surface area contributed by atoms with Crippen LogP contribution in [0, 0.1) is 5.92 Å². The highest BCUT2D eigenvalue weighted by Gasteiger charge is 2.20. The van der Waals surface area contributed by atoms with Crippen LogP contribution in [0.25, 0.3) is 0 Å². The molecule has 1 rings (SSSR count). The number of aliphatic hydroxyl groups is 1. The number of hydrogen-bond acceptors (Lipinski definition) is 4. The van der Waals surface area contributed by atoms with E-state index in [1.807, 2.05) is 20.8 Å². The van der Waals surface area contributed by atoms with Gasteiger partial charge < -0.3 is 5.11 Å². The Morgan fingerprint density at radius 2 is 2.27 bits per heavy atom. The third-order valence-corrected chi connectivity index (χ3v) is 2.29. The molecule has 0 fully saturated rings. The number of ketones is 1. The second-order valence-corrected chi connectivity index (χ2v) is 3.82. The monoisotopic (exact) mass is 211 g/mol. The third kappa shape index (κ3) is 2.86. The molecule has 0 aliphatic rings. The van der Waals surface area contributed by atoms with Gasteiger partial charge in [-0.15, -0.1) is 0 Å². The van der Waals surface area contributed by atoms with Crippen molar-refractivity contribution in [2.24, 2.45) is 5.92 Å². The molecule has 0 bridgehead atoms. The maximum Gasteiger partial charge on any atom is 0.169 e. The molecule has 84 valence electrons.